The van der Waals surface area contributed by atoms with Crippen molar-refractivity contribution in [3.63, 3.8) is 0 Å². The van der Waals surface area contributed by atoms with Gasteiger partial charge in [-0.1, -0.05) is 23.8 Å². The molecule has 6 rings (SSSR count). The average Bonchev–Trinajstić information content (AvgIpc) is 2.87. The van der Waals surface area contributed by atoms with E-state index < -0.39 is 17.4 Å². The SMILES string of the molecule is Cc1ccc(C[NH+](C)CN2C(=O)C(=O)N(C34CC5CC(CC(C5)C3)C4)C2=O)c(C)c1. The predicted molar refractivity (Wildman–Crippen MR) is 111 cm³/mol. The molecule has 1 aromatic rings. The molecule has 0 radical (unpaired) electrons. The second kappa shape index (κ2) is 6.91. The van der Waals surface area contributed by atoms with Crippen LogP contribution < -0.4 is 4.90 Å². The van der Waals surface area contributed by atoms with E-state index in [1.807, 2.05) is 7.05 Å². The summed E-state index contributed by atoms with van der Waals surface area (Å²) in [4.78, 5) is 42.7. The monoisotopic (exact) mass is 410 g/mol. The highest BCUT2D eigenvalue weighted by Gasteiger charge is 2.61. The maximum Gasteiger partial charge on any atom is 0.339 e. The van der Waals surface area contributed by atoms with Crippen LogP contribution in [0.15, 0.2) is 18.2 Å². The molecule has 1 heterocycles. The van der Waals surface area contributed by atoms with Crippen molar-refractivity contribution in [2.75, 3.05) is 13.7 Å². The number of hydrogen-bond acceptors (Lipinski definition) is 3. The van der Waals surface area contributed by atoms with Crippen molar-refractivity contribution >= 4 is 17.8 Å². The lowest BCUT2D eigenvalue weighted by atomic mass is 9.52. The van der Waals surface area contributed by atoms with Crippen molar-refractivity contribution in [2.45, 2.75) is 64.5 Å². The van der Waals surface area contributed by atoms with Crippen LogP contribution in [0.4, 0.5) is 4.79 Å². The van der Waals surface area contributed by atoms with Crippen molar-refractivity contribution in [1.29, 1.82) is 0 Å². The van der Waals surface area contributed by atoms with Crippen LogP contribution in [0.1, 0.15) is 55.2 Å². The second-order valence-electron chi connectivity index (χ2n) is 10.5. The number of nitrogens with one attached hydrogen (secondary N) is 1. The molecule has 30 heavy (non-hydrogen) atoms. The standard InChI is InChI=1S/C24H31N3O3/c1-15-4-5-20(16(2)6-15)13-25(3)14-26-21(28)22(29)27(23(26)30)24-10-17-7-18(11-24)9-19(8-17)12-24/h4-6,17-19H,7-14H2,1-3H3/p+1. The van der Waals surface area contributed by atoms with Crippen molar-refractivity contribution < 1.29 is 19.3 Å². The smallest absolute Gasteiger partial charge is 0.316 e. The first kappa shape index (κ1) is 19.7. The summed E-state index contributed by atoms with van der Waals surface area (Å²) < 4.78 is 0. The fourth-order valence-electron chi connectivity index (χ4n) is 7.10. The number of carbonyl (C=O) groups is 3. The molecular formula is C24H32N3O3+. The quantitative estimate of drug-likeness (QED) is 0.597. The molecule has 160 valence electrons. The molecule has 5 aliphatic rings. The van der Waals surface area contributed by atoms with Gasteiger partial charge in [-0.3, -0.25) is 9.59 Å². The Kier molecular flexibility index (Phi) is 4.54. The zero-order valence-corrected chi connectivity index (χ0v) is 18.2. The molecular weight excluding hydrogens is 378 g/mol. The lowest BCUT2D eigenvalue weighted by Gasteiger charge is -2.58. The molecule has 1 N–H and O–H groups in total. The number of carbonyl (C=O) groups excluding carboxylic acids is 3. The number of benzene rings is 1. The minimum Gasteiger partial charge on any atom is -0.316 e. The lowest BCUT2D eigenvalue weighted by Crippen LogP contribution is -3.09. The lowest BCUT2D eigenvalue weighted by molar-refractivity contribution is -0.901. The molecule has 1 atom stereocenters. The highest BCUT2D eigenvalue weighted by atomic mass is 16.2. The van der Waals surface area contributed by atoms with Crippen LogP contribution in [-0.4, -0.2) is 46.9 Å². The first-order valence-corrected chi connectivity index (χ1v) is 11.3. The molecule has 1 aliphatic heterocycles. The van der Waals surface area contributed by atoms with Gasteiger partial charge in [-0.05, 0) is 75.7 Å². The number of hydrogen-bond donors (Lipinski definition) is 1. The van der Waals surface area contributed by atoms with E-state index in [9.17, 15) is 14.4 Å². The molecule has 4 amide bonds. The number of amides is 4. The van der Waals surface area contributed by atoms with Crippen molar-refractivity contribution in [3.05, 3.63) is 34.9 Å². The second-order valence-corrected chi connectivity index (χ2v) is 10.5. The van der Waals surface area contributed by atoms with Gasteiger partial charge in [0, 0.05) is 5.56 Å². The van der Waals surface area contributed by atoms with Crippen molar-refractivity contribution in [2.24, 2.45) is 17.8 Å². The summed E-state index contributed by atoms with van der Waals surface area (Å²) in [6.45, 7) is 5.08. The number of quaternary nitrogens is 1. The Morgan fingerprint density at radius 3 is 2.13 bits per heavy atom. The van der Waals surface area contributed by atoms with E-state index in [1.54, 1.807) is 0 Å². The molecule has 0 spiro atoms. The van der Waals surface area contributed by atoms with Gasteiger partial charge in [-0.25, -0.2) is 14.6 Å². The first-order valence-electron chi connectivity index (χ1n) is 11.3. The van der Waals surface area contributed by atoms with Crippen LogP contribution in [-0.2, 0) is 16.1 Å². The van der Waals surface area contributed by atoms with E-state index in [1.165, 1.54) is 45.8 Å². The maximum atomic E-state index is 13.3. The van der Waals surface area contributed by atoms with Crippen LogP contribution in [0, 0.1) is 31.6 Å². The summed E-state index contributed by atoms with van der Waals surface area (Å²) in [5.74, 6) is 0.591. The Bertz CT molecular complexity index is 889. The van der Waals surface area contributed by atoms with Crippen LogP contribution in [0.2, 0.25) is 0 Å². The Morgan fingerprint density at radius 1 is 0.967 bits per heavy atom. The van der Waals surface area contributed by atoms with Crippen LogP contribution >= 0.6 is 0 Å². The molecule has 1 saturated heterocycles. The third-order valence-corrected chi connectivity index (χ3v) is 7.95. The van der Waals surface area contributed by atoms with E-state index in [-0.39, 0.29) is 12.7 Å². The number of urea groups is 1. The number of rotatable bonds is 5. The van der Waals surface area contributed by atoms with Gasteiger partial charge in [-0.15, -0.1) is 0 Å². The highest BCUT2D eigenvalue weighted by Crippen LogP contribution is 2.58. The van der Waals surface area contributed by atoms with E-state index in [4.69, 9.17) is 0 Å². The largest absolute Gasteiger partial charge is 0.339 e. The summed E-state index contributed by atoms with van der Waals surface area (Å²) in [5, 5.41) is 0. The number of imide groups is 2. The maximum absolute atomic E-state index is 13.3. The summed E-state index contributed by atoms with van der Waals surface area (Å²) in [5.41, 5.74) is 3.21. The zero-order valence-electron chi connectivity index (χ0n) is 18.2. The third kappa shape index (κ3) is 3.08. The molecule has 4 aliphatic carbocycles. The van der Waals surface area contributed by atoms with E-state index in [2.05, 4.69) is 32.0 Å². The summed E-state index contributed by atoms with van der Waals surface area (Å²) >= 11 is 0. The Balaban J connectivity index is 1.33. The van der Waals surface area contributed by atoms with Gasteiger partial charge in [0.25, 0.3) is 0 Å². The molecule has 4 bridgehead atoms. The molecule has 1 unspecified atom stereocenters. The third-order valence-electron chi connectivity index (χ3n) is 7.95. The predicted octanol–water partition coefficient (Wildman–Crippen LogP) is 2.04. The summed E-state index contributed by atoms with van der Waals surface area (Å²) in [7, 11) is 1.97. The minimum atomic E-state index is -0.643. The molecule has 5 fully saturated rings. The van der Waals surface area contributed by atoms with Crippen LogP contribution in [0.5, 0.6) is 0 Å². The molecule has 4 saturated carbocycles. The topological polar surface area (TPSA) is 62.1 Å². The molecule has 0 aromatic heterocycles. The van der Waals surface area contributed by atoms with Gasteiger partial charge >= 0.3 is 17.8 Å². The van der Waals surface area contributed by atoms with Gasteiger partial charge in [-0.2, -0.15) is 0 Å². The van der Waals surface area contributed by atoms with Gasteiger partial charge in [0.15, 0.2) is 6.67 Å². The van der Waals surface area contributed by atoms with Crippen LogP contribution in [0.3, 0.4) is 0 Å². The van der Waals surface area contributed by atoms with E-state index >= 15 is 0 Å². The average molecular weight is 411 g/mol. The first-order chi connectivity index (χ1) is 14.3. The normalized spacial score (nSPS) is 33.7. The highest BCUT2D eigenvalue weighted by molar-refractivity contribution is 6.44. The summed E-state index contributed by atoms with van der Waals surface area (Å²) in [6, 6.07) is 5.95. The minimum absolute atomic E-state index is 0.222. The van der Waals surface area contributed by atoms with Gasteiger partial charge in [0.1, 0.15) is 6.54 Å². The van der Waals surface area contributed by atoms with Crippen molar-refractivity contribution in [1.82, 2.24) is 9.80 Å². The van der Waals surface area contributed by atoms with Gasteiger partial charge in [0.05, 0.1) is 12.6 Å². The Hall–Kier alpha value is -2.21. The summed E-state index contributed by atoms with van der Waals surface area (Å²) in [6.07, 6.45) is 6.37. The molecule has 1 aromatic carbocycles. The fourth-order valence-corrected chi connectivity index (χ4v) is 7.10. The van der Waals surface area contributed by atoms with Gasteiger partial charge in [0.2, 0.25) is 0 Å². The molecule has 6 heteroatoms. The van der Waals surface area contributed by atoms with E-state index in [0.717, 1.165) is 24.2 Å². The van der Waals surface area contributed by atoms with E-state index in [0.29, 0.717) is 24.3 Å². The van der Waals surface area contributed by atoms with Crippen molar-refractivity contribution in [3.8, 4) is 0 Å². The zero-order chi connectivity index (χ0) is 21.2. The van der Waals surface area contributed by atoms with Gasteiger partial charge < -0.3 is 4.90 Å². The number of aryl methyl sites for hydroxylation is 2. The Morgan fingerprint density at radius 2 is 1.57 bits per heavy atom. The van der Waals surface area contributed by atoms with Crippen LogP contribution in [0.25, 0.3) is 0 Å². The fraction of sp³-hybridized carbons (Fsp3) is 0.625. The molecule has 6 nitrogen and oxygen atoms in total. The number of nitrogens with zero attached hydrogens (tertiary/aromatic N) is 2. The Labute approximate surface area is 178 Å².